The summed E-state index contributed by atoms with van der Waals surface area (Å²) < 4.78 is 6.19. The van der Waals surface area contributed by atoms with E-state index in [-0.39, 0.29) is 43.3 Å². The lowest BCUT2D eigenvalue weighted by Crippen LogP contribution is -2.54. The monoisotopic (exact) mass is 522 g/mol. The van der Waals surface area contributed by atoms with Gasteiger partial charge in [0.1, 0.15) is 0 Å². The number of likely N-dealkylation sites (N-methyl/N-ethyl adjacent to an activating group) is 1. The number of halogens is 1. The highest BCUT2D eigenvalue weighted by Crippen LogP contribution is 2.34. The Balaban J connectivity index is 1.65. The summed E-state index contributed by atoms with van der Waals surface area (Å²) in [5.74, 6) is 0.764. The summed E-state index contributed by atoms with van der Waals surface area (Å²) in [6.45, 7) is 3.89. The molecule has 1 aromatic carbocycles. The third-order valence-electron chi connectivity index (χ3n) is 7.71. The number of hydrogen-bond acceptors (Lipinski definition) is 4. The lowest BCUT2D eigenvalue weighted by atomic mass is 9.83. The first-order valence-corrected chi connectivity index (χ1v) is 13.8. The maximum Gasteiger partial charge on any atom is 0.404 e. The molecule has 0 bridgehead atoms. The van der Waals surface area contributed by atoms with Gasteiger partial charge >= 0.3 is 12.1 Å². The zero-order valence-corrected chi connectivity index (χ0v) is 22.4. The van der Waals surface area contributed by atoms with E-state index >= 15 is 0 Å². The van der Waals surface area contributed by atoms with E-state index in [1.165, 1.54) is 32.1 Å². The number of urea groups is 1. The van der Waals surface area contributed by atoms with E-state index in [4.69, 9.17) is 21.4 Å². The van der Waals surface area contributed by atoms with Crippen molar-refractivity contribution >= 4 is 23.7 Å². The second-order valence-electron chi connectivity index (χ2n) is 10.3. The second-order valence-corrected chi connectivity index (χ2v) is 10.7. The molecule has 1 saturated carbocycles. The summed E-state index contributed by atoms with van der Waals surface area (Å²) in [5, 5.41) is 18.5. The normalized spacial score (nSPS) is 21.4. The number of nitrogens with one attached hydrogen (secondary N) is 3. The molecule has 2 fully saturated rings. The Morgan fingerprint density at radius 1 is 1.19 bits per heavy atom. The number of benzene rings is 1. The first-order valence-electron chi connectivity index (χ1n) is 13.4. The Labute approximate surface area is 220 Å². The first kappa shape index (κ1) is 28.5. The number of hydrogen-bond donors (Lipinski definition) is 4. The van der Waals surface area contributed by atoms with Gasteiger partial charge in [-0.15, -0.1) is 0 Å². The minimum Gasteiger partial charge on any atom is -0.465 e. The van der Waals surface area contributed by atoms with Gasteiger partial charge in [-0.2, -0.15) is 0 Å². The van der Waals surface area contributed by atoms with E-state index in [1.807, 2.05) is 36.2 Å². The molecule has 2 unspecified atom stereocenters. The molecule has 0 aromatic heterocycles. The molecule has 1 saturated heterocycles. The summed E-state index contributed by atoms with van der Waals surface area (Å²) in [7, 11) is 1.95. The van der Waals surface area contributed by atoms with Crippen molar-refractivity contribution in [2.75, 3.05) is 33.3 Å². The fourth-order valence-electron chi connectivity index (χ4n) is 5.59. The van der Waals surface area contributed by atoms with Crippen molar-refractivity contribution in [3.63, 3.8) is 0 Å². The third-order valence-corrected chi connectivity index (χ3v) is 7.94. The Bertz CT molecular complexity index is 836. The summed E-state index contributed by atoms with van der Waals surface area (Å²) in [6, 6.07) is 7.86. The lowest BCUT2D eigenvalue weighted by molar-refractivity contribution is -0.00857. The fourth-order valence-corrected chi connectivity index (χ4v) is 5.79. The van der Waals surface area contributed by atoms with Crippen LogP contribution in [0.2, 0.25) is 5.02 Å². The van der Waals surface area contributed by atoms with Gasteiger partial charge < -0.3 is 30.7 Å². The van der Waals surface area contributed by atoms with E-state index in [0.29, 0.717) is 17.5 Å². The first-order chi connectivity index (χ1) is 17.4. The van der Waals surface area contributed by atoms with Gasteiger partial charge in [0, 0.05) is 42.7 Å². The van der Waals surface area contributed by atoms with Crippen LogP contribution in [0.15, 0.2) is 24.3 Å². The summed E-state index contributed by atoms with van der Waals surface area (Å²) in [4.78, 5) is 26.2. The van der Waals surface area contributed by atoms with Crippen molar-refractivity contribution in [2.45, 2.75) is 76.5 Å². The molecular formula is C27H43ClN4O4. The SMILES string of the molecule is CNC(C)C(CC1CCCCC1)NC(=O)N1CCC[C@@H]([C@@H](OCCNC(=O)O)c2cccc(Cl)c2)C1. The van der Waals surface area contributed by atoms with Crippen LogP contribution in [0.5, 0.6) is 0 Å². The second kappa shape index (κ2) is 14.6. The molecule has 1 aliphatic heterocycles. The topological polar surface area (TPSA) is 103 Å². The Morgan fingerprint density at radius 3 is 2.67 bits per heavy atom. The number of carbonyl (C=O) groups is 2. The highest BCUT2D eigenvalue weighted by atomic mass is 35.5. The number of amides is 3. The largest absolute Gasteiger partial charge is 0.465 e. The standard InChI is InChI=1S/C27H43ClN4O4/c1-19(29-2)24(16-20-8-4-3-5-9-20)31-26(33)32-14-7-11-22(18-32)25(36-15-13-30-27(34)35)21-10-6-12-23(28)17-21/h6,10,12,17,19-20,22,24-25,29-30H,3-5,7-9,11,13-16,18H2,1-2H3,(H,31,33)(H,34,35)/t19?,22-,24?,25+/m1/s1. The summed E-state index contributed by atoms with van der Waals surface area (Å²) in [6.07, 6.45) is 7.89. The number of nitrogens with zero attached hydrogens (tertiary/aromatic N) is 1. The smallest absolute Gasteiger partial charge is 0.404 e. The summed E-state index contributed by atoms with van der Waals surface area (Å²) >= 11 is 6.26. The fraction of sp³-hybridized carbons (Fsp3) is 0.704. The average Bonchev–Trinajstić information content (AvgIpc) is 2.88. The van der Waals surface area contributed by atoms with Gasteiger partial charge in [0.2, 0.25) is 0 Å². The Hall–Kier alpha value is -2.03. The molecule has 0 spiro atoms. The van der Waals surface area contributed by atoms with Gasteiger partial charge in [-0.25, -0.2) is 9.59 Å². The van der Waals surface area contributed by atoms with Gasteiger partial charge in [0.15, 0.2) is 0 Å². The zero-order valence-electron chi connectivity index (χ0n) is 21.7. The lowest BCUT2D eigenvalue weighted by Gasteiger charge is -2.38. The van der Waals surface area contributed by atoms with Crippen LogP contribution >= 0.6 is 11.6 Å². The van der Waals surface area contributed by atoms with Crippen LogP contribution in [0.25, 0.3) is 0 Å². The van der Waals surface area contributed by atoms with Crippen LogP contribution in [0, 0.1) is 11.8 Å². The number of likely N-dealkylation sites (tertiary alicyclic amines) is 1. The zero-order chi connectivity index (χ0) is 25.9. The van der Waals surface area contributed by atoms with Crippen molar-refractivity contribution in [3.05, 3.63) is 34.9 Å². The number of rotatable bonds is 11. The molecule has 3 amide bonds. The molecular weight excluding hydrogens is 480 g/mol. The minimum absolute atomic E-state index is 0.0139. The van der Waals surface area contributed by atoms with Crippen molar-refractivity contribution in [2.24, 2.45) is 11.8 Å². The molecule has 1 aliphatic carbocycles. The third kappa shape index (κ3) is 8.82. The van der Waals surface area contributed by atoms with E-state index in [9.17, 15) is 9.59 Å². The van der Waals surface area contributed by atoms with Crippen molar-refractivity contribution in [1.29, 1.82) is 0 Å². The van der Waals surface area contributed by atoms with Crippen LogP contribution in [0.1, 0.15) is 70.0 Å². The molecule has 8 nitrogen and oxygen atoms in total. The molecule has 9 heteroatoms. The summed E-state index contributed by atoms with van der Waals surface area (Å²) in [5.41, 5.74) is 0.948. The molecule has 4 atom stereocenters. The number of piperidine rings is 1. The van der Waals surface area contributed by atoms with Gasteiger partial charge in [-0.1, -0.05) is 55.8 Å². The van der Waals surface area contributed by atoms with Gasteiger partial charge in [-0.05, 0) is 56.8 Å². The number of carbonyl (C=O) groups excluding carboxylic acids is 1. The van der Waals surface area contributed by atoms with Crippen LogP contribution in [0.4, 0.5) is 9.59 Å². The molecule has 2 aliphatic rings. The number of carboxylic acid groups (broad SMARTS) is 1. The van der Waals surface area contributed by atoms with Crippen LogP contribution < -0.4 is 16.0 Å². The van der Waals surface area contributed by atoms with Crippen LogP contribution in [-0.2, 0) is 4.74 Å². The van der Waals surface area contributed by atoms with Crippen LogP contribution in [0.3, 0.4) is 0 Å². The van der Waals surface area contributed by atoms with Crippen molar-refractivity contribution in [3.8, 4) is 0 Å². The molecule has 36 heavy (non-hydrogen) atoms. The average molecular weight is 523 g/mol. The molecule has 3 rings (SSSR count). The van der Waals surface area contributed by atoms with Gasteiger partial charge in [0.05, 0.1) is 12.7 Å². The molecule has 1 aromatic rings. The predicted octanol–water partition coefficient (Wildman–Crippen LogP) is 5.03. The van der Waals surface area contributed by atoms with Crippen molar-refractivity contribution in [1.82, 2.24) is 20.9 Å². The van der Waals surface area contributed by atoms with E-state index < -0.39 is 6.09 Å². The molecule has 1 heterocycles. The van der Waals surface area contributed by atoms with Crippen molar-refractivity contribution < 1.29 is 19.4 Å². The predicted molar refractivity (Wildman–Crippen MR) is 143 cm³/mol. The molecule has 4 N–H and O–H groups in total. The quantitative estimate of drug-likeness (QED) is 0.305. The maximum atomic E-state index is 13.4. The van der Waals surface area contributed by atoms with Gasteiger partial charge in [0.25, 0.3) is 0 Å². The van der Waals surface area contributed by atoms with Crippen LogP contribution in [-0.4, -0.2) is 67.5 Å². The highest BCUT2D eigenvalue weighted by Gasteiger charge is 2.33. The molecule has 0 radical (unpaired) electrons. The maximum absolute atomic E-state index is 13.4. The minimum atomic E-state index is -1.07. The van der Waals surface area contributed by atoms with Gasteiger partial charge in [-0.3, -0.25) is 0 Å². The van der Waals surface area contributed by atoms with E-state index in [2.05, 4.69) is 22.9 Å². The number of ether oxygens (including phenoxy) is 1. The Kier molecular flexibility index (Phi) is 11.6. The highest BCUT2D eigenvalue weighted by molar-refractivity contribution is 6.30. The van der Waals surface area contributed by atoms with E-state index in [0.717, 1.165) is 31.4 Å². The molecule has 202 valence electrons. The Morgan fingerprint density at radius 2 is 1.97 bits per heavy atom. The van der Waals surface area contributed by atoms with E-state index in [1.54, 1.807) is 0 Å².